The van der Waals surface area contributed by atoms with Gasteiger partial charge in [-0.05, 0) is 5.56 Å². The lowest BCUT2D eigenvalue weighted by Crippen LogP contribution is -2.50. The van der Waals surface area contributed by atoms with Gasteiger partial charge in [0.15, 0.2) is 11.6 Å². The normalized spacial score (nSPS) is 17.5. The van der Waals surface area contributed by atoms with Crippen LogP contribution in [0.15, 0.2) is 42.5 Å². The van der Waals surface area contributed by atoms with Crippen molar-refractivity contribution in [1.82, 2.24) is 9.96 Å². The van der Waals surface area contributed by atoms with E-state index < -0.39 is 29.1 Å². The van der Waals surface area contributed by atoms with Gasteiger partial charge in [0.05, 0.1) is 18.8 Å². The minimum Gasteiger partial charge on any atom is -0.441 e. The fourth-order valence-corrected chi connectivity index (χ4v) is 4.24. The molecule has 0 N–H and O–H groups in total. The van der Waals surface area contributed by atoms with Gasteiger partial charge in [-0.3, -0.25) is 19.3 Å². The lowest BCUT2D eigenvalue weighted by molar-refractivity contribution is -0.136. The average Bonchev–Trinajstić information content (AvgIpc) is 3.28. The van der Waals surface area contributed by atoms with Crippen LogP contribution in [-0.2, 0) is 25.7 Å². The van der Waals surface area contributed by atoms with Gasteiger partial charge in [-0.15, -0.1) is 0 Å². The number of rotatable bonds is 9. The van der Waals surface area contributed by atoms with E-state index in [1.54, 1.807) is 4.90 Å². The Kier molecular flexibility index (Phi) is 9.02. The molecule has 2 aliphatic rings. The molecule has 2 fully saturated rings. The van der Waals surface area contributed by atoms with E-state index in [2.05, 4.69) is 12.6 Å². The monoisotopic (exact) mass is 550 g/mol. The Morgan fingerprint density at radius 3 is 2.39 bits per heavy atom. The Morgan fingerprint density at radius 1 is 1.11 bits per heavy atom. The SMILES string of the molecule is CN(OC[C@@H]1CN(c2cc(F)c(N3CCN(C(=O)COCc4ccccc4)CC3)c(F)c2)C(=O)O1)C(=O)S. The fourth-order valence-electron chi connectivity index (χ4n) is 4.18. The van der Waals surface area contributed by atoms with Crippen LogP contribution in [0.4, 0.5) is 29.7 Å². The number of benzene rings is 2. The molecule has 0 aliphatic carbocycles. The van der Waals surface area contributed by atoms with Gasteiger partial charge in [0.2, 0.25) is 5.91 Å². The summed E-state index contributed by atoms with van der Waals surface area (Å²) in [5, 5.41) is 0.242. The molecule has 0 radical (unpaired) electrons. The third kappa shape index (κ3) is 6.71. The maximum atomic E-state index is 15.1. The number of cyclic esters (lactones) is 1. The first kappa shape index (κ1) is 27.6. The second-order valence-electron chi connectivity index (χ2n) is 8.80. The number of hydrogen-bond acceptors (Lipinski definition) is 7. The Hall–Kier alpha value is -3.42. The number of carbonyl (C=O) groups excluding carboxylic acids is 3. The van der Waals surface area contributed by atoms with Crippen molar-refractivity contribution >= 4 is 41.2 Å². The molecule has 2 heterocycles. The largest absolute Gasteiger partial charge is 0.441 e. The van der Waals surface area contributed by atoms with Crippen LogP contribution < -0.4 is 9.80 Å². The highest BCUT2D eigenvalue weighted by molar-refractivity contribution is 7.96. The van der Waals surface area contributed by atoms with Crippen LogP contribution in [0.2, 0.25) is 0 Å². The van der Waals surface area contributed by atoms with Crippen molar-refractivity contribution in [2.24, 2.45) is 0 Å². The summed E-state index contributed by atoms with van der Waals surface area (Å²) in [6.45, 7) is 1.15. The van der Waals surface area contributed by atoms with Crippen LogP contribution in [0.3, 0.4) is 0 Å². The summed E-state index contributed by atoms with van der Waals surface area (Å²) in [4.78, 5) is 45.3. The van der Waals surface area contributed by atoms with Crippen LogP contribution in [0.5, 0.6) is 0 Å². The zero-order valence-corrected chi connectivity index (χ0v) is 21.6. The van der Waals surface area contributed by atoms with Crippen LogP contribution in [0.1, 0.15) is 5.56 Å². The summed E-state index contributed by atoms with van der Waals surface area (Å²) in [5.41, 5.74) is 0.741. The molecule has 2 aromatic rings. The van der Waals surface area contributed by atoms with Crippen molar-refractivity contribution < 1.29 is 37.5 Å². The maximum Gasteiger partial charge on any atom is 0.414 e. The highest BCUT2D eigenvalue weighted by Crippen LogP contribution is 2.31. The first-order valence-electron chi connectivity index (χ1n) is 11.9. The van der Waals surface area contributed by atoms with Gasteiger partial charge in [-0.1, -0.05) is 43.0 Å². The van der Waals surface area contributed by atoms with Crippen LogP contribution >= 0.6 is 12.6 Å². The molecule has 2 aromatic carbocycles. The second-order valence-corrected chi connectivity index (χ2v) is 9.18. The summed E-state index contributed by atoms with van der Waals surface area (Å²) in [6, 6.07) is 11.6. The number of hydrogen-bond donors (Lipinski definition) is 1. The fraction of sp³-hybridized carbons (Fsp3) is 0.400. The quantitative estimate of drug-likeness (QED) is 0.379. The van der Waals surface area contributed by atoms with Crippen LogP contribution in [0, 0.1) is 11.6 Å². The highest BCUT2D eigenvalue weighted by Gasteiger charge is 2.35. The number of piperazine rings is 1. The molecule has 2 saturated heterocycles. The molecule has 0 spiro atoms. The van der Waals surface area contributed by atoms with E-state index in [0.717, 1.165) is 27.7 Å². The summed E-state index contributed by atoms with van der Waals surface area (Å²) in [5.74, 6) is -1.86. The Balaban J connectivity index is 1.30. The minimum absolute atomic E-state index is 0.000690. The van der Waals surface area contributed by atoms with Gasteiger partial charge in [-0.2, -0.15) is 0 Å². The minimum atomic E-state index is -0.834. The standard InChI is InChI=1S/C25H28F2N4O6S/c1-28(25(34)38)36-15-19-13-31(24(33)37-19)18-11-20(26)23(21(27)12-18)30-9-7-29(8-10-30)22(32)16-35-14-17-5-3-2-4-6-17/h2-6,11-12,19H,7-10,13-16H2,1H3,(H,34,38)/t19-/m0/s1. The van der Waals surface area contributed by atoms with E-state index in [0.29, 0.717) is 6.61 Å². The number of anilines is 2. The predicted octanol–water partition coefficient (Wildman–Crippen LogP) is 3.07. The van der Waals surface area contributed by atoms with E-state index >= 15 is 8.78 Å². The Labute approximate surface area is 224 Å². The first-order chi connectivity index (χ1) is 18.2. The van der Waals surface area contributed by atoms with E-state index in [-0.39, 0.29) is 63.2 Å². The number of amides is 3. The molecular weight excluding hydrogens is 522 g/mol. The van der Waals surface area contributed by atoms with Crippen LogP contribution in [-0.4, -0.2) is 86.3 Å². The molecule has 0 aromatic heterocycles. The number of carbonyl (C=O) groups is 3. The molecule has 0 bridgehead atoms. The lowest BCUT2D eigenvalue weighted by Gasteiger charge is -2.36. The number of nitrogens with zero attached hydrogens (tertiary/aromatic N) is 4. The smallest absolute Gasteiger partial charge is 0.414 e. The van der Waals surface area contributed by atoms with Gasteiger partial charge in [0.1, 0.15) is 25.0 Å². The number of thiol groups is 1. The van der Waals surface area contributed by atoms with Gasteiger partial charge in [0.25, 0.3) is 0 Å². The van der Waals surface area contributed by atoms with Crippen molar-refractivity contribution in [2.45, 2.75) is 12.7 Å². The molecule has 204 valence electrons. The van der Waals surface area contributed by atoms with E-state index in [9.17, 15) is 14.4 Å². The van der Waals surface area contributed by atoms with Crippen molar-refractivity contribution in [1.29, 1.82) is 0 Å². The van der Waals surface area contributed by atoms with Gasteiger partial charge in [0, 0.05) is 45.4 Å². The number of hydroxylamine groups is 2. The molecule has 0 unspecified atom stereocenters. The Bertz CT molecular complexity index is 1140. The summed E-state index contributed by atoms with van der Waals surface area (Å²) in [6.07, 6.45) is -1.53. The molecule has 0 saturated carbocycles. The van der Waals surface area contributed by atoms with E-state index in [4.69, 9.17) is 14.3 Å². The molecule has 13 heteroatoms. The van der Waals surface area contributed by atoms with Crippen molar-refractivity contribution in [2.75, 3.05) is 62.8 Å². The molecule has 38 heavy (non-hydrogen) atoms. The van der Waals surface area contributed by atoms with Gasteiger partial charge < -0.3 is 19.3 Å². The topological polar surface area (TPSA) is 91.9 Å². The third-order valence-corrected chi connectivity index (χ3v) is 6.48. The predicted molar refractivity (Wildman–Crippen MR) is 137 cm³/mol. The summed E-state index contributed by atoms with van der Waals surface area (Å²) in [7, 11) is 1.35. The van der Waals surface area contributed by atoms with E-state index in [1.165, 1.54) is 11.9 Å². The molecule has 10 nitrogen and oxygen atoms in total. The Morgan fingerprint density at radius 2 is 1.76 bits per heavy atom. The van der Waals surface area contributed by atoms with Crippen molar-refractivity contribution in [3.63, 3.8) is 0 Å². The summed E-state index contributed by atoms with van der Waals surface area (Å²) < 4.78 is 40.8. The maximum absolute atomic E-state index is 15.1. The average molecular weight is 551 g/mol. The van der Waals surface area contributed by atoms with Crippen LogP contribution in [0.25, 0.3) is 0 Å². The molecule has 2 aliphatic heterocycles. The molecule has 4 rings (SSSR count). The zero-order chi connectivity index (χ0) is 27.2. The second kappa shape index (κ2) is 12.4. The highest BCUT2D eigenvalue weighted by atomic mass is 32.1. The zero-order valence-electron chi connectivity index (χ0n) is 20.7. The van der Waals surface area contributed by atoms with Crippen molar-refractivity contribution in [3.8, 4) is 0 Å². The lowest BCUT2D eigenvalue weighted by atomic mass is 10.2. The van der Waals surface area contributed by atoms with Crippen molar-refractivity contribution in [3.05, 3.63) is 59.7 Å². The third-order valence-electron chi connectivity index (χ3n) is 6.20. The molecule has 1 atom stereocenters. The van der Waals surface area contributed by atoms with Gasteiger partial charge >= 0.3 is 11.3 Å². The van der Waals surface area contributed by atoms with E-state index in [1.807, 2.05) is 30.3 Å². The number of halogens is 2. The number of ether oxygens (including phenoxy) is 2. The molecular formula is C25H28F2N4O6S. The van der Waals surface area contributed by atoms with Gasteiger partial charge in [-0.25, -0.2) is 18.6 Å². The first-order valence-corrected chi connectivity index (χ1v) is 12.4. The summed E-state index contributed by atoms with van der Waals surface area (Å²) >= 11 is 3.61. The molecule has 3 amide bonds.